The summed E-state index contributed by atoms with van der Waals surface area (Å²) >= 11 is 6.03. The number of aromatic nitrogens is 2. The van der Waals surface area contributed by atoms with Crippen LogP contribution in [0.4, 0.5) is 14.5 Å². The van der Waals surface area contributed by atoms with Crippen LogP contribution in [0.25, 0.3) is 0 Å². The van der Waals surface area contributed by atoms with E-state index in [1.165, 1.54) is 10.7 Å². The largest absolute Gasteiger partial charge is 0.433 e. The number of hydrogen-bond donors (Lipinski definition) is 1. The first-order chi connectivity index (χ1) is 10.8. The van der Waals surface area contributed by atoms with Crippen LogP contribution in [0.3, 0.4) is 0 Å². The van der Waals surface area contributed by atoms with Gasteiger partial charge in [-0.2, -0.15) is 13.9 Å². The van der Waals surface area contributed by atoms with Crippen molar-refractivity contribution in [3.63, 3.8) is 0 Å². The van der Waals surface area contributed by atoms with E-state index in [4.69, 9.17) is 11.6 Å². The fourth-order valence-electron chi connectivity index (χ4n) is 2.10. The number of alkyl halides is 2. The van der Waals surface area contributed by atoms with Crippen molar-refractivity contribution < 1.29 is 18.3 Å². The van der Waals surface area contributed by atoms with Crippen molar-refractivity contribution in [3.8, 4) is 5.75 Å². The number of hydrogen-bond acceptors (Lipinski definition) is 3. The predicted molar refractivity (Wildman–Crippen MR) is 83.2 cm³/mol. The Bertz CT molecular complexity index is 732. The van der Waals surface area contributed by atoms with Crippen molar-refractivity contribution in [1.29, 1.82) is 0 Å². The van der Waals surface area contributed by atoms with Gasteiger partial charge in [0.25, 0.3) is 0 Å². The fraction of sp³-hybridized carbons (Fsp3) is 0.333. The maximum absolute atomic E-state index is 12.4. The van der Waals surface area contributed by atoms with Crippen LogP contribution in [0.2, 0.25) is 5.02 Å². The van der Waals surface area contributed by atoms with Gasteiger partial charge in [0.2, 0.25) is 5.91 Å². The van der Waals surface area contributed by atoms with Crippen LogP contribution < -0.4 is 10.1 Å². The lowest BCUT2D eigenvalue weighted by molar-refractivity contribution is -0.117. The first-order valence-corrected chi connectivity index (χ1v) is 7.20. The molecule has 5 nitrogen and oxygen atoms in total. The molecule has 0 aliphatic heterocycles. The zero-order valence-corrected chi connectivity index (χ0v) is 13.6. The van der Waals surface area contributed by atoms with Gasteiger partial charge in [0.15, 0.2) is 0 Å². The summed E-state index contributed by atoms with van der Waals surface area (Å²) in [6.45, 7) is 2.21. The Morgan fingerprint density at radius 3 is 2.65 bits per heavy atom. The summed E-state index contributed by atoms with van der Waals surface area (Å²) in [5.74, 6) is -0.512. The summed E-state index contributed by atoms with van der Waals surface area (Å²) in [5.41, 5.74) is 2.26. The molecule has 23 heavy (non-hydrogen) atoms. The van der Waals surface area contributed by atoms with Crippen molar-refractivity contribution in [2.75, 3.05) is 5.32 Å². The van der Waals surface area contributed by atoms with Crippen LogP contribution >= 0.6 is 11.6 Å². The van der Waals surface area contributed by atoms with Gasteiger partial charge < -0.3 is 10.1 Å². The first-order valence-electron chi connectivity index (χ1n) is 6.82. The number of aryl methyl sites for hydroxylation is 2. The molecule has 0 unspecified atom stereocenters. The summed E-state index contributed by atoms with van der Waals surface area (Å²) < 4.78 is 30.7. The molecule has 2 aromatic rings. The number of nitrogens with one attached hydrogen (secondary N) is 1. The Morgan fingerprint density at radius 2 is 2.09 bits per heavy atom. The van der Waals surface area contributed by atoms with Crippen molar-refractivity contribution >= 4 is 23.2 Å². The molecule has 8 heteroatoms. The lowest BCUT2D eigenvalue weighted by Gasteiger charge is -2.13. The molecule has 124 valence electrons. The quantitative estimate of drug-likeness (QED) is 0.900. The van der Waals surface area contributed by atoms with Gasteiger partial charge in [-0.15, -0.1) is 0 Å². The van der Waals surface area contributed by atoms with Crippen LogP contribution in [0.5, 0.6) is 5.75 Å². The highest BCUT2D eigenvalue weighted by Crippen LogP contribution is 2.27. The summed E-state index contributed by atoms with van der Waals surface area (Å²) in [7, 11) is 0. The van der Waals surface area contributed by atoms with E-state index in [2.05, 4.69) is 15.2 Å². The fourth-order valence-corrected chi connectivity index (χ4v) is 2.23. The highest BCUT2D eigenvalue weighted by atomic mass is 35.5. The maximum Gasteiger partial charge on any atom is 0.387 e. The van der Waals surface area contributed by atoms with E-state index < -0.39 is 12.5 Å². The molecule has 0 bridgehead atoms. The van der Waals surface area contributed by atoms with Gasteiger partial charge in [-0.1, -0.05) is 17.7 Å². The molecule has 1 heterocycles. The number of carbonyl (C=O) groups excluding carboxylic acids is 1. The third kappa shape index (κ3) is 4.19. The molecule has 0 aliphatic carbocycles. The minimum absolute atomic E-state index is 0.0819. The Morgan fingerprint density at radius 1 is 1.39 bits per heavy atom. The highest BCUT2D eigenvalue weighted by molar-refractivity contribution is 6.31. The minimum atomic E-state index is -2.97. The van der Waals surface area contributed by atoms with Gasteiger partial charge in [0.05, 0.1) is 22.1 Å². The Kier molecular flexibility index (Phi) is 5.20. The number of benzene rings is 1. The summed E-state index contributed by atoms with van der Waals surface area (Å²) in [5, 5.41) is 7.21. The van der Waals surface area contributed by atoms with E-state index >= 15 is 0 Å². The smallest absolute Gasteiger partial charge is 0.387 e. The zero-order chi connectivity index (χ0) is 17.1. The molecular weight excluding hydrogens is 328 g/mol. The number of halogens is 3. The summed E-state index contributed by atoms with van der Waals surface area (Å²) in [4.78, 5) is 12.1. The molecule has 0 aliphatic rings. The average Bonchev–Trinajstić information content (AvgIpc) is 2.69. The SMILES string of the molecule is Cc1ccc(OC(F)F)c(NC(=O)Cn2nc(C)c(Cl)c2C)c1. The molecule has 1 amide bonds. The molecule has 1 aromatic carbocycles. The van der Waals surface area contributed by atoms with E-state index in [-0.39, 0.29) is 18.0 Å². The Balaban J connectivity index is 2.16. The van der Waals surface area contributed by atoms with E-state index in [0.29, 0.717) is 16.4 Å². The van der Waals surface area contributed by atoms with Crippen molar-refractivity contribution in [2.24, 2.45) is 0 Å². The minimum Gasteiger partial charge on any atom is -0.433 e. The van der Waals surface area contributed by atoms with Gasteiger partial charge in [-0.25, -0.2) is 0 Å². The second-order valence-corrected chi connectivity index (χ2v) is 5.45. The molecule has 0 saturated heterocycles. The molecule has 1 N–H and O–H groups in total. The number of carbonyl (C=O) groups is 1. The number of ether oxygens (including phenoxy) is 1. The number of anilines is 1. The second kappa shape index (κ2) is 6.95. The van der Waals surface area contributed by atoms with Crippen LogP contribution in [0, 0.1) is 20.8 Å². The Hall–Kier alpha value is -2.15. The van der Waals surface area contributed by atoms with Gasteiger partial charge in [0.1, 0.15) is 12.3 Å². The molecule has 2 rings (SSSR count). The number of amides is 1. The second-order valence-electron chi connectivity index (χ2n) is 5.07. The van der Waals surface area contributed by atoms with Crippen molar-refractivity contribution in [2.45, 2.75) is 33.9 Å². The third-order valence-electron chi connectivity index (χ3n) is 3.21. The summed E-state index contributed by atoms with van der Waals surface area (Å²) in [6, 6.07) is 4.56. The van der Waals surface area contributed by atoms with Crippen LogP contribution in [0.15, 0.2) is 18.2 Å². The van der Waals surface area contributed by atoms with E-state index in [9.17, 15) is 13.6 Å². The monoisotopic (exact) mass is 343 g/mol. The van der Waals surface area contributed by atoms with E-state index in [0.717, 1.165) is 5.56 Å². The zero-order valence-electron chi connectivity index (χ0n) is 12.9. The predicted octanol–water partition coefficient (Wildman–Crippen LogP) is 3.70. The summed E-state index contributed by atoms with van der Waals surface area (Å²) in [6.07, 6.45) is 0. The third-order valence-corrected chi connectivity index (χ3v) is 3.76. The molecule has 0 spiro atoms. The topological polar surface area (TPSA) is 56.1 Å². The van der Waals surface area contributed by atoms with Gasteiger partial charge >= 0.3 is 6.61 Å². The van der Waals surface area contributed by atoms with Gasteiger partial charge in [0, 0.05) is 0 Å². The normalized spacial score (nSPS) is 10.9. The van der Waals surface area contributed by atoms with E-state index in [1.807, 2.05) is 0 Å². The van der Waals surface area contributed by atoms with E-state index in [1.54, 1.807) is 32.9 Å². The van der Waals surface area contributed by atoms with Gasteiger partial charge in [-0.3, -0.25) is 9.48 Å². The molecule has 1 aromatic heterocycles. The number of rotatable bonds is 5. The van der Waals surface area contributed by atoms with Crippen LogP contribution in [0.1, 0.15) is 17.0 Å². The molecule has 0 radical (unpaired) electrons. The lowest BCUT2D eigenvalue weighted by Crippen LogP contribution is -2.21. The van der Waals surface area contributed by atoms with Crippen molar-refractivity contribution in [3.05, 3.63) is 40.2 Å². The van der Waals surface area contributed by atoms with Crippen molar-refractivity contribution in [1.82, 2.24) is 9.78 Å². The maximum atomic E-state index is 12.4. The average molecular weight is 344 g/mol. The molecular formula is C15H16ClF2N3O2. The van der Waals surface area contributed by atoms with Crippen LogP contribution in [-0.4, -0.2) is 22.3 Å². The Labute approximate surface area is 137 Å². The standard InChI is InChI=1S/C15H16ClF2N3O2/c1-8-4-5-12(23-15(17)18)11(6-8)19-13(22)7-21-10(3)14(16)9(2)20-21/h4-6,15H,7H2,1-3H3,(H,19,22). The molecule has 0 saturated carbocycles. The highest BCUT2D eigenvalue weighted by Gasteiger charge is 2.15. The molecule has 0 fully saturated rings. The first kappa shape index (κ1) is 17.2. The number of nitrogens with zero attached hydrogens (tertiary/aromatic N) is 2. The van der Waals surface area contributed by atoms with Gasteiger partial charge in [-0.05, 0) is 38.5 Å². The molecule has 0 atom stereocenters. The lowest BCUT2D eigenvalue weighted by atomic mass is 10.2. The van der Waals surface area contributed by atoms with Crippen LogP contribution in [-0.2, 0) is 11.3 Å².